The number of rotatable bonds is 8. The molecule has 2 rings (SSSR count). The van der Waals surface area contributed by atoms with Gasteiger partial charge in [-0.1, -0.05) is 38.3 Å². The van der Waals surface area contributed by atoms with Crippen LogP contribution in [-0.4, -0.2) is 20.9 Å². The molecule has 1 aliphatic rings. The molecule has 0 aliphatic heterocycles. The molecule has 5 nitrogen and oxygen atoms in total. The van der Waals surface area contributed by atoms with Gasteiger partial charge in [-0.25, -0.2) is 4.68 Å². The number of amides is 1. The molecule has 0 aromatic carbocycles. The van der Waals surface area contributed by atoms with Crippen LogP contribution in [0, 0.1) is 11.8 Å². The average Bonchev–Trinajstić information content (AvgIpc) is 2.66. The first-order valence-corrected chi connectivity index (χ1v) is 7.75. The van der Waals surface area contributed by atoms with Crippen molar-refractivity contribution in [2.24, 2.45) is 17.6 Å². The Bertz CT molecular complexity index is 449. The molecule has 20 heavy (non-hydrogen) atoms. The standard InChI is InChI=1S/C15H26N4O/c1-11(2)6-7-14-13(10-15(16)20)17-18-19(14)9-8-12-4-3-5-12/h11-12H,3-10H2,1-2H3,(H2,16,20). The fourth-order valence-corrected chi connectivity index (χ4v) is 2.64. The summed E-state index contributed by atoms with van der Waals surface area (Å²) in [6.45, 7) is 5.33. The summed E-state index contributed by atoms with van der Waals surface area (Å²) in [5.41, 5.74) is 7.17. The first-order chi connectivity index (χ1) is 9.56. The summed E-state index contributed by atoms with van der Waals surface area (Å²) in [6, 6.07) is 0. The summed E-state index contributed by atoms with van der Waals surface area (Å²) in [7, 11) is 0. The van der Waals surface area contributed by atoms with E-state index in [0.717, 1.165) is 36.7 Å². The summed E-state index contributed by atoms with van der Waals surface area (Å²) in [4.78, 5) is 11.1. The van der Waals surface area contributed by atoms with Crippen molar-refractivity contribution in [3.63, 3.8) is 0 Å². The van der Waals surface area contributed by atoms with Crippen LogP contribution in [0.2, 0.25) is 0 Å². The Hall–Kier alpha value is -1.39. The van der Waals surface area contributed by atoms with Crippen LogP contribution in [0.25, 0.3) is 0 Å². The molecule has 5 heteroatoms. The largest absolute Gasteiger partial charge is 0.369 e. The van der Waals surface area contributed by atoms with Crippen LogP contribution >= 0.6 is 0 Å². The molecule has 1 fully saturated rings. The molecule has 0 spiro atoms. The lowest BCUT2D eigenvalue weighted by atomic mass is 9.83. The Balaban J connectivity index is 2.03. The van der Waals surface area contributed by atoms with E-state index in [2.05, 4.69) is 24.2 Å². The molecule has 0 bridgehead atoms. The minimum Gasteiger partial charge on any atom is -0.369 e. The lowest BCUT2D eigenvalue weighted by molar-refractivity contribution is -0.117. The molecule has 1 aromatic rings. The second kappa shape index (κ2) is 6.86. The molecule has 112 valence electrons. The second-order valence-corrected chi connectivity index (χ2v) is 6.37. The highest BCUT2D eigenvalue weighted by molar-refractivity contribution is 5.76. The summed E-state index contributed by atoms with van der Waals surface area (Å²) < 4.78 is 2.00. The Kier molecular flexibility index (Phi) is 5.15. The van der Waals surface area contributed by atoms with Gasteiger partial charge in [0.25, 0.3) is 0 Å². The molecule has 2 N–H and O–H groups in total. The molecular formula is C15H26N4O. The van der Waals surface area contributed by atoms with E-state index >= 15 is 0 Å². The Morgan fingerprint density at radius 2 is 2.20 bits per heavy atom. The van der Waals surface area contributed by atoms with Crippen LogP contribution in [-0.2, 0) is 24.2 Å². The van der Waals surface area contributed by atoms with Gasteiger partial charge in [0.15, 0.2) is 0 Å². The average molecular weight is 278 g/mol. The van der Waals surface area contributed by atoms with Crippen LogP contribution in [0.1, 0.15) is 57.3 Å². The SMILES string of the molecule is CC(C)CCc1c(CC(N)=O)nnn1CCC1CCC1. The van der Waals surface area contributed by atoms with Gasteiger partial charge >= 0.3 is 0 Å². The third-order valence-corrected chi connectivity index (χ3v) is 4.19. The predicted octanol–water partition coefficient (Wildman–Crippen LogP) is 2.08. The van der Waals surface area contributed by atoms with E-state index in [1.165, 1.54) is 25.7 Å². The van der Waals surface area contributed by atoms with E-state index in [9.17, 15) is 4.79 Å². The van der Waals surface area contributed by atoms with Crippen molar-refractivity contribution in [2.45, 2.75) is 65.3 Å². The fourth-order valence-electron chi connectivity index (χ4n) is 2.64. The van der Waals surface area contributed by atoms with Gasteiger partial charge in [0.05, 0.1) is 17.8 Å². The molecule has 1 aromatic heterocycles. The third-order valence-electron chi connectivity index (χ3n) is 4.19. The van der Waals surface area contributed by atoms with E-state index in [1.807, 2.05) is 4.68 Å². The van der Waals surface area contributed by atoms with Crippen LogP contribution in [0.3, 0.4) is 0 Å². The fraction of sp³-hybridized carbons (Fsp3) is 0.800. The summed E-state index contributed by atoms with van der Waals surface area (Å²) in [5.74, 6) is 1.16. The number of carbonyl (C=O) groups excluding carboxylic acids is 1. The molecule has 0 saturated heterocycles. The van der Waals surface area contributed by atoms with Crippen LogP contribution in [0.5, 0.6) is 0 Å². The summed E-state index contributed by atoms with van der Waals surface area (Å²) in [6.07, 6.45) is 7.47. The Morgan fingerprint density at radius 3 is 2.75 bits per heavy atom. The minimum atomic E-state index is -0.332. The van der Waals surface area contributed by atoms with E-state index in [0.29, 0.717) is 5.92 Å². The minimum absolute atomic E-state index is 0.205. The topological polar surface area (TPSA) is 73.8 Å². The molecule has 1 saturated carbocycles. The molecule has 0 unspecified atom stereocenters. The second-order valence-electron chi connectivity index (χ2n) is 6.37. The van der Waals surface area contributed by atoms with Crippen molar-refractivity contribution in [3.05, 3.63) is 11.4 Å². The van der Waals surface area contributed by atoms with Gasteiger partial charge in [0.1, 0.15) is 0 Å². The zero-order chi connectivity index (χ0) is 14.5. The van der Waals surface area contributed by atoms with Crippen molar-refractivity contribution in [3.8, 4) is 0 Å². The predicted molar refractivity (Wildman–Crippen MR) is 78.0 cm³/mol. The maximum absolute atomic E-state index is 11.1. The van der Waals surface area contributed by atoms with Crippen molar-refractivity contribution < 1.29 is 4.79 Å². The molecular weight excluding hydrogens is 252 g/mol. The van der Waals surface area contributed by atoms with E-state index in [-0.39, 0.29) is 12.3 Å². The number of aromatic nitrogens is 3. The summed E-state index contributed by atoms with van der Waals surface area (Å²) >= 11 is 0. The zero-order valence-electron chi connectivity index (χ0n) is 12.6. The van der Waals surface area contributed by atoms with E-state index in [4.69, 9.17) is 5.73 Å². The van der Waals surface area contributed by atoms with Gasteiger partial charge in [-0.3, -0.25) is 4.79 Å². The van der Waals surface area contributed by atoms with E-state index < -0.39 is 0 Å². The van der Waals surface area contributed by atoms with Gasteiger partial charge in [-0.2, -0.15) is 0 Å². The van der Waals surface area contributed by atoms with Gasteiger partial charge in [-0.15, -0.1) is 5.10 Å². The first kappa shape index (κ1) is 15.0. The van der Waals surface area contributed by atoms with Crippen molar-refractivity contribution in [1.29, 1.82) is 0 Å². The number of primary amides is 1. The van der Waals surface area contributed by atoms with Crippen LogP contribution in [0.4, 0.5) is 0 Å². The molecule has 0 atom stereocenters. The van der Waals surface area contributed by atoms with Crippen molar-refractivity contribution in [1.82, 2.24) is 15.0 Å². The molecule has 1 heterocycles. The lowest BCUT2D eigenvalue weighted by Crippen LogP contribution is -2.17. The quantitative estimate of drug-likeness (QED) is 0.791. The molecule has 1 aliphatic carbocycles. The highest BCUT2D eigenvalue weighted by Gasteiger charge is 2.19. The van der Waals surface area contributed by atoms with Crippen LogP contribution < -0.4 is 5.73 Å². The monoisotopic (exact) mass is 278 g/mol. The van der Waals surface area contributed by atoms with Gasteiger partial charge < -0.3 is 5.73 Å². The summed E-state index contributed by atoms with van der Waals surface area (Å²) in [5, 5.41) is 8.40. The Morgan fingerprint density at radius 1 is 1.45 bits per heavy atom. The number of hydrogen-bond acceptors (Lipinski definition) is 3. The number of nitrogens with two attached hydrogens (primary N) is 1. The third kappa shape index (κ3) is 4.05. The van der Waals surface area contributed by atoms with Crippen LogP contribution in [0.15, 0.2) is 0 Å². The zero-order valence-corrected chi connectivity index (χ0v) is 12.6. The highest BCUT2D eigenvalue weighted by atomic mass is 16.1. The molecule has 0 radical (unpaired) electrons. The van der Waals surface area contributed by atoms with Gasteiger partial charge in [0.2, 0.25) is 5.91 Å². The maximum Gasteiger partial charge on any atom is 0.223 e. The van der Waals surface area contributed by atoms with Gasteiger partial charge in [-0.05, 0) is 31.1 Å². The normalized spacial score (nSPS) is 15.6. The molecule has 1 amide bonds. The van der Waals surface area contributed by atoms with Crippen molar-refractivity contribution >= 4 is 5.91 Å². The number of aryl methyl sites for hydroxylation is 1. The number of hydrogen-bond donors (Lipinski definition) is 1. The smallest absolute Gasteiger partial charge is 0.223 e. The maximum atomic E-state index is 11.1. The first-order valence-electron chi connectivity index (χ1n) is 7.75. The highest BCUT2D eigenvalue weighted by Crippen LogP contribution is 2.30. The van der Waals surface area contributed by atoms with Crippen molar-refractivity contribution in [2.75, 3.05) is 0 Å². The lowest BCUT2D eigenvalue weighted by Gasteiger charge is -2.25. The van der Waals surface area contributed by atoms with Gasteiger partial charge in [0, 0.05) is 6.54 Å². The van der Waals surface area contributed by atoms with E-state index in [1.54, 1.807) is 0 Å². The number of carbonyl (C=O) groups is 1. The Labute approximate surface area is 120 Å². The number of nitrogens with zero attached hydrogens (tertiary/aromatic N) is 3.